The van der Waals surface area contributed by atoms with Crippen LogP contribution < -0.4 is 5.32 Å². The largest absolute Gasteiger partial charge is 0.310 e. The van der Waals surface area contributed by atoms with E-state index in [0.717, 1.165) is 18.5 Å². The van der Waals surface area contributed by atoms with E-state index in [1.165, 1.54) is 6.07 Å². The van der Waals surface area contributed by atoms with E-state index < -0.39 is 0 Å². The minimum atomic E-state index is -0.339. The zero-order chi connectivity index (χ0) is 14.4. The highest BCUT2D eigenvalue weighted by atomic mass is 16.6. The first-order chi connectivity index (χ1) is 9.68. The number of hydrogen-bond donors (Lipinski definition) is 1. The lowest BCUT2D eigenvalue weighted by atomic mass is 10.1. The number of nitrogens with zero attached hydrogens (tertiary/aromatic N) is 2. The predicted octanol–water partition coefficient (Wildman–Crippen LogP) is 2.88. The Labute approximate surface area is 117 Å². The fraction of sp³-hybridized carbons (Fsp3) is 0.267. The zero-order valence-corrected chi connectivity index (χ0v) is 11.3. The van der Waals surface area contributed by atoms with Crippen LogP contribution in [0, 0.1) is 10.1 Å². The van der Waals surface area contributed by atoms with Crippen LogP contribution in [0.15, 0.2) is 48.8 Å². The van der Waals surface area contributed by atoms with Crippen molar-refractivity contribution in [3.63, 3.8) is 0 Å². The molecule has 0 saturated heterocycles. The van der Waals surface area contributed by atoms with Gasteiger partial charge < -0.3 is 5.32 Å². The lowest BCUT2D eigenvalue weighted by Gasteiger charge is -2.14. The Morgan fingerprint density at radius 2 is 2.10 bits per heavy atom. The number of benzene rings is 1. The van der Waals surface area contributed by atoms with Crippen LogP contribution in [-0.4, -0.2) is 16.5 Å². The Morgan fingerprint density at radius 1 is 1.30 bits per heavy atom. The average Bonchev–Trinajstić information content (AvgIpc) is 2.48. The molecule has 0 spiro atoms. The summed E-state index contributed by atoms with van der Waals surface area (Å²) in [4.78, 5) is 14.7. The average molecular weight is 271 g/mol. The monoisotopic (exact) mass is 271 g/mol. The summed E-state index contributed by atoms with van der Waals surface area (Å²) in [6.07, 6.45) is 4.42. The molecule has 1 unspecified atom stereocenters. The van der Waals surface area contributed by atoms with Gasteiger partial charge in [-0.15, -0.1) is 0 Å². The summed E-state index contributed by atoms with van der Waals surface area (Å²) in [6, 6.07) is 10.7. The van der Waals surface area contributed by atoms with Gasteiger partial charge in [0.2, 0.25) is 0 Å². The van der Waals surface area contributed by atoms with Gasteiger partial charge in [0.05, 0.1) is 4.92 Å². The van der Waals surface area contributed by atoms with Gasteiger partial charge in [-0.1, -0.05) is 24.3 Å². The number of hydrogen-bond acceptors (Lipinski definition) is 4. The maximum Gasteiger partial charge on any atom is 0.274 e. The van der Waals surface area contributed by atoms with E-state index in [4.69, 9.17) is 0 Å². The van der Waals surface area contributed by atoms with Crippen molar-refractivity contribution in [1.82, 2.24) is 10.3 Å². The highest BCUT2D eigenvalue weighted by Gasteiger charge is 2.17. The van der Waals surface area contributed by atoms with Crippen LogP contribution in [0.25, 0.3) is 0 Å². The maximum atomic E-state index is 11.0. The smallest absolute Gasteiger partial charge is 0.274 e. The molecule has 104 valence electrons. The molecule has 5 nitrogen and oxygen atoms in total. The van der Waals surface area contributed by atoms with Crippen molar-refractivity contribution >= 4 is 5.69 Å². The van der Waals surface area contributed by atoms with E-state index in [1.54, 1.807) is 18.3 Å². The molecule has 0 radical (unpaired) electrons. The van der Waals surface area contributed by atoms with Crippen LogP contribution in [0.3, 0.4) is 0 Å². The van der Waals surface area contributed by atoms with Crippen LogP contribution in [0.2, 0.25) is 0 Å². The minimum absolute atomic E-state index is 0.0618. The van der Waals surface area contributed by atoms with E-state index in [9.17, 15) is 10.1 Å². The van der Waals surface area contributed by atoms with E-state index >= 15 is 0 Å². The molecular weight excluding hydrogens is 254 g/mol. The maximum absolute atomic E-state index is 11.0. The van der Waals surface area contributed by atoms with Gasteiger partial charge in [-0.3, -0.25) is 15.1 Å². The van der Waals surface area contributed by atoms with Crippen LogP contribution >= 0.6 is 0 Å². The van der Waals surface area contributed by atoms with Gasteiger partial charge in [0.15, 0.2) is 0 Å². The molecular formula is C15H17N3O2. The summed E-state index contributed by atoms with van der Waals surface area (Å²) in [6.45, 7) is 2.69. The molecule has 0 aliphatic heterocycles. The number of nitro benzene ring substituents is 1. The van der Waals surface area contributed by atoms with Gasteiger partial charge in [0.1, 0.15) is 0 Å². The standard InChI is InChI=1S/C15H17N3O2/c1-12(14-6-2-3-7-15(14)18(19)20)17-10-8-13-5-4-9-16-11-13/h2-7,9,11-12,17H,8,10H2,1H3. The normalized spacial score (nSPS) is 12.1. The molecule has 0 aliphatic carbocycles. The summed E-state index contributed by atoms with van der Waals surface area (Å²) < 4.78 is 0. The van der Waals surface area contributed by atoms with Gasteiger partial charge in [0.25, 0.3) is 5.69 Å². The number of pyridine rings is 1. The van der Waals surface area contributed by atoms with E-state index in [0.29, 0.717) is 5.56 Å². The van der Waals surface area contributed by atoms with Crippen molar-refractivity contribution in [1.29, 1.82) is 0 Å². The molecule has 1 heterocycles. The van der Waals surface area contributed by atoms with Crippen LogP contribution in [-0.2, 0) is 6.42 Å². The van der Waals surface area contributed by atoms with E-state index in [-0.39, 0.29) is 16.7 Å². The SMILES string of the molecule is CC(NCCc1cccnc1)c1ccccc1[N+](=O)[O-]. The predicted molar refractivity (Wildman–Crippen MR) is 77.5 cm³/mol. The number of nitrogens with one attached hydrogen (secondary N) is 1. The molecule has 2 rings (SSSR count). The van der Waals surface area contributed by atoms with Gasteiger partial charge in [-0.05, 0) is 31.5 Å². The van der Waals surface area contributed by atoms with Crippen molar-refractivity contribution < 1.29 is 4.92 Å². The molecule has 5 heteroatoms. The zero-order valence-electron chi connectivity index (χ0n) is 11.3. The number of aromatic nitrogens is 1. The summed E-state index contributed by atoms with van der Waals surface area (Å²) in [5.41, 5.74) is 2.02. The Bertz CT molecular complexity index is 572. The van der Waals surface area contributed by atoms with E-state index in [1.807, 2.05) is 31.3 Å². The lowest BCUT2D eigenvalue weighted by Crippen LogP contribution is -2.22. The van der Waals surface area contributed by atoms with Crippen molar-refractivity contribution in [2.45, 2.75) is 19.4 Å². The van der Waals surface area contributed by atoms with Gasteiger partial charge in [-0.25, -0.2) is 0 Å². The fourth-order valence-electron chi connectivity index (χ4n) is 2.11. The number of rotatable bonds is 6. The third-order valence-corrected chi connectivity index (χ3v) is 3.19. The Balaban J connectivity index is 1.95. The molecule has 1 N–H and O–H groups in total. The van der Waals surface area contributed by atoms with Gasteiger partial charge >= 0.3 is 0 Å². The Kier molecular flexibility index (Phi) is 4.79. The second-order valence-corrected chi connectivity index (χ2v) is 4.60. The molecule has 0 fully saturated rings. The summed E-state index contributed by atoms with van der Waals surface area (Å²) in [5.74, 6) is 0. The first-order valence-corrected chi connectivity index (χ1v) is 6.54. The Morgan fingerprint density at radius 3 is 2.80 bits per heavy atom. The lowest BCUT2D eigenvalue weighted by molar-refractivity contribution is -0.385. The first-order valence-electron chi connectivity index (χ1n) is 6.54. The van der Waals surface area contributed by atoms with Gasteiger partial charge in [-0.2, -0.15) is 0 Å². The number of nitro groups is 1. The summed E-state index contributed by atoms with van der Waals surface area (Å²) >= 11 is 0. The topological polar surface area (TPSA) is 68.1 Å². The first kappa shape index (κ1) is 14.1. The van der Waals surface area contributed by atoms with Crippen LogP contribution in [0.1, 0.15) is 24.1 Å². The van der Waals surface area contributed by atoms with Crippen LogP contribution in [0.4, 0.5) is 5.69 Å². The molecule has 0 aliphatic rings. The molecule has 0 amide bonds. The summed E-state index contributed by atoms with van der Waals surface area (Å²) in [7, 11) is 0. The second-order valence-electron chi connectivity index (χ2n) is 4.60. The van der Waals surface area contributed by atoms with Crippen molar-refractivity contribution in [2.75, 3.05) is 6.54 Å². The van der Waals surface area contributed by atoms with Crippen molar-refractivity contribution in [3.8, 4) is 0 Å². The van der Waals surface area contributed by atoms with E-state index in [2.05, 4.69) is 10.3 Å². The molecule has 1 aromatic heterocycles. The molecule has 20 heavy (non-hydrogen) atoms. The number of para-hydroxylation sites is 1. The fourth-order valence-corrected chi connectivity index (χ4v) is 2.11. The summed E-state index contributed by atoms with van der Waals surface area (Å²) in [5, 5.41) is 14.3. The molecule has 1 atom stereocenters. The molecule has 0 saturated carbocycles. The van der Waals surface area contributed by atoms with Crippen LogP contribution in [0.5, 0.6) is 0 Å². The van der Waals surface area contributed by atoms with Crippen molar-refractivity contribution in [3.05, 3.63) is 70.0 Å². The minimum Gasteiger partial charge on any atom is -0.310 e. The highest BCUT2D eigenvalue weighted by molar-refractivity contribution is 5.41. The molecule has 1 aromatic carbocycles. The third-order valence-electron chi connectivity index (χ3n) is 3.19. The van der Waals surface area contributed by atoms with Crippen molar-refractivity contribution in [2.24, 2.45) is 0 Å². The Hall–Kier alpha value is -2.27. The highest BCUT2D eigenvalue weighted by Crippen LogP contribution is 2.24. The molecule has 2 aromatic rings. The van der Waals surface area contributed by atoms with Gasteiger partial charge in [0, 0.05) is 30.1 Å². The molecule has 0 bridgehead atoms. The third kappa shape index (κ3) is 3.61. The second kappa shape index (κ2) is 6.77. The quantitative estimate of drug-likeness (QED) is 0.648.